The van der Waals surface area contributed by atoms with Gasteiger partial charge < -0.3 is 20.1 Å². The third-order valence-corrected chi connectivity index (χ3v) is 4.64. The molecule has 10 nitrogen and oxygen atoms in total. The second-order valence-corrected chi connectivity index (χ2v) is 6.66. The molecule has 0 aliphatic carbocycles. The van der Waals surface area contributed by atoms with Crippen molar-refractivity contribution < 1.29 is 28.8 Å². The molecule has 0 spiro atoms. The summed E-state index contributed by atoms with van der Waals surface area (Å²) in [5, 5.41) is 17.1. The molecule has 1 atom stereocenters. The molecule has 2 rings (SSSR count). The maximum atomic E-state index is 13.1. The van der Waals surface area contributed by atoms with Crippen LogP contribution in [0.2, 0.25) is 0 Å². The van der Waals surface area contributed by atoms with Crippen LogP contribution in [-0.4, -0.2) is 42.5 Å². The lowest BCUT2D eigenvalue weighted by molar-refractivity contribution is -0.385. The Hall–Kier alpha value is -3.69. The summed E-state index contributed by atoms with van der Waals surface area (Å²) in [6, 6.07) is 5.89. The van der Waals surface area contributed by atoms with Crippen molar-refractivity contribution in [3.8, 4) is 0 Å². The molecular weight excluding hydrogens is 406 g/mol. The molecule has 1 aliphatic rings. The van der Waals surface area contributed by atoms with Gasteiger partial charge in [0.05, 0.1) is 29.6 Å². The topological polar surface area (TPSA) is 137 Å². The van der Waals surface area contributed by atoms with Gasteiger partial charge in [-0.15, -0.1) is 0 Å². The summed E-state index contributed by atoms with van der Waals surface area (Å²) in [4.78, 5) is 48.6. The molecule has 2 N–H and O–H groups in total. The van der Waals surface area contributed by atoms with Crippen molar-refractivity contribution >= 4 is 23.5 Å². The van der Waals surface area contributed by atoms with Gasteiger partial charge in [-0.1, -0.05) is 18.2 Å². The summed E-state index contributed by atoms with van der Waals surface area (Å²) in [7, 11) is 0. The Morgan fingerprint density at radius 2 is 1.68 bits per heavy atom. The molecule has 1 aromatic rings. The van der Waals surface area contributed by atoms with Gasteiger partial charge in [0.25, 0.3) is 5.69 Å². The van der Waals surface area contributed by atoms with Crippen molar-refractivity contribution in [1.82, 2.24) is 10.6 Å². The normalized spacial score (nSPS) is 15.8. The van der Waals surface area contributed by atoms with E-state index in [-0.39, 0.29) is 42.2 Å². The second-order valence-electron chi connectivity index (χ2n) is 6.66. The molecule has 0 aromatic heterocycles. The van der Waals surface area contributed by atoms with Crippen LogP contribution in [0, 0.1) is 10.1 Å². The number of para-hydroxylation sites is 1. The van der Waals surface area contributed by atoms with Crippen molar-refractivity contribution in [2.45, 2.75) is 33.6 Å². The van der Waals surface area contributed by atoms with E-state index in [1.165, 1.54) is 18.2 Å². The number of nitro groups is 1. The fourth-order valence-corrected chi connectivity index (χ4v) is 3.44. The minimum atomic E-state index is -1.07. The highest BCUT2D eigenvalue weighted by molar-refractivity contribution is 6.03. The van der Waals surface area contributed by atoms with E-state index in [9.17, 15) is 24.5 Å². The number of carbonyl (C=O) groups excluding carboxylic acids is 3. The zero-order valence-corrected chi connectivity index (χ0v) is 17.8. The largest absolute Gasteiger partial charge is 0.465 e. The first-order chi connectivity index (χ1) is 14.7. The van der Waals surface area contributed by atoms with E-state index in [1.54, 1.807) is 33.8 Å². The quantitative estimate of drug-likeness (QED) is 0.363. The van der Waals surface area contributed by atoms with Gasteiger partial charge in [-0.3, -0.25) is 19.7 Å². The van der Waals surface area contributed by atoms with Crippen LogP contribution in [0.25, 0.3) is 0 Å². The Morgan fingerprint density at radius 3 is 2.29 bits per heavy atom. The molecule has 10 heteroatoms. The average molecular weight is 431 g/mol. The van der Waals surface area contributed by atoms with Gasteiger partial charge in [0.2, 0.25) is 5.91 Å². The van der Waals surface area contributed by atoms with E-state index < -0.39 is 28.7 Å². The number of ether oxygens (including phenoxy) is 2. The number of esters is 2. The van der Waals surface area contributed by atoms with E-state index in [2.05, 4.69) is 10.6 Å². The molecule has 1 aromatic carbocycles. The summed E-state index contributed by atoms with van der Waals surface area (Å²) in [6.07, 6.45) is 0. The Morgan fingerprint density at radius 1 is 1.06 bits per heavy atom. The number of nitro benzene ring substituents is 1. The molecule has 1 unspecified atom stereocenters. The lowest BCUT2D eigenvalue weighted by Gasteiger charge is -2.30. The molecule has 1 heterocycles. The molecule has 1 amide bonds. The number of dihydropyridines is 1. The molecule has 31 heavy (non-hydrogen) atoms. The first-order valence-corrected chi connectivity index (χ1v) is 9.75. The molecule has 0 saturated carbocycles. The summed E-state index contributed by atoms with van der Waals surface area (Å²) in [5.41, 5.74) is 0.899. The fraction of sp³-hybridized carbons (Fsp3) is 0.381. The highest BCUT2D eigenvalue weighted by Crippen LogP contribution is 2.42. The third kappa shape index (κ3) is 5.27. The fourth-order valence-electron chi connectivity index (χ4n) is 3.44. The highest BCUT2D eigenvalue weighted by Gasteiger charge is 2.40. The van der Waals surface area contributed by atoms with Gasteiger partial charge in [-0.25, -0.2) is 4.79 Å². The Labute approximate surface area is 179 Å². The summed E-state index contributed by atoms with van der Waals surface area (Å²) < 4.78 is 9.98. The van der Waals surface area contributed by atoms with Gasteiger partial charge >= 0.3 is 11.9 Å². The van der Waals surface area contributed by atoms with Crippen LogP contribution in [0.15, 0.2) is 46.8 Å². The van der Waals surface area contributed by atoms with Gasteiger partial charge in [-0.05, 0) is 27.7 Å². The first kappa shape index (κ1) is 23.6. The smallest absolute Gasteiger partial charge is 0.336 e. The molecule has 0 radical (unpaired) electrons. The number of hydrogen-bond acceptors (Lipinski definition) is 8. The number of nitrogens with one attached hydrogen (secondary N) is 2. The van der Waals surface area contributed by atoms with E-state index in [4.69, 9.17) is 9.47 Å². The number of carbonyl (C=O) groups is 3. The summed E-state index contributed by atoms with van der Waals surface area (Å²) >= 11 is 0. The van der Waals surface area contributed by atoms with Crippen LogP contribution in [-0.2, 0) is 23.9 Å². The van der Waals surface area contributed by atoms with E-state index in [1.807, 2.05) is 0 Å². The van der Waals surface area contributed by atoms with Crippen molar-refractivity contribution in [1.29, 1.82) is 0 Å². The highest BCUT2D eigenvalue weighted by atomic mass is 16.6. The minimum Gasteiger partial charge on any atom is -0.465 e. The zero-order chi connectivity index (χ0) is 23.1. The number of rotatable bonds is 8. The molecule has 1 aliphatic heterocycles. The van der Waals surface area contributed by atoms with Crippen molar-refractivity contribution in [2.75, 3.05) is 19.8 Å². The Balaban J connectivity index is 2.60. The van der Waals surface area contributed by atoms with Crippen LogP contribution < -0.4 is 10.6 Å². The second kappa shape index (κ2) is 10.4. The maximum absolute atomic E-state index is 13.1. The van der Waals surface area contributed by atoms with Crippen LogP contribution in [0.3, 0.4) is 0 Å². The lowest BCUT2D eigenvalue weighted by Crippen LogP contribution is -2.38. The number of hydrogen-bond donors (Lipinski definition) is 2. The average Bonchev–Trinajstić information content (AvgIpc) is 2.71. The molecule has 166 valence electrons. The van der Waals surface area contributed by atoms with Gasteiger partial charge in [0.15, 0.2) is 0 Å². The maximum Gasteiger partial charge on any atom is 0.336 e. The third-order valence-electron chi connectivity index (χ3n) is 4.64. The number of benzene rings is 1. The van der Waals surface area contributed by atoms with Crippen LogP contribution in [0.5, 0.6) is 0 Å². The molecule has 0 saturated heterocycles. The van der Waals surface area contributed by atoms with Crippen LogP contribution >= 0.6 is 0 Å². The standard InChI is InChI=1S/C21H25N3O7/c1-5-30-16(25)11-22-20(26)17-12(3)23-13(4)18(21(27)31-6-2)19(17)14-9-7-8-10-15(14)24(28)29/h7-10,19,23H,5-6,11H2,1-4H3,(H,22,26). The molecule has 0 fully saturated rings. The van der Waals surface area contributed by atoms with E-state index in [0.717, 1.165) is 0 Å². The predicted octanol–water partition coefficient (Wildman–Crippen LogP) is 2.07. The molecular formula is C21H25N3O7. The van der Waals surface area contributed by atoms with Crippen molar-refractivity contribution in [2.24, 2.45) is 0 Å². The Kier molecular flexibility index (Phi) is 7.89. The van der Waals surface area contributed by atoms with Gasteiger partial charge in [0, 0.05) is 28.6 Å². The van der Waals surface area contributed by atoms with Gasteiger partial charge in [0.1, 0.15) is 6.54 Å². The van der Waals surface area contributed by atoms with Crippen molar-refractivity contribution in [3.05, 3.63) is 62.5 Å². The predicted molar refractivity (Wildman–Crippen MR) is 111 cm³/mol. The van der Waals surface area contributed by atoms with Crippen LogP contribution in [0.1, 0.15) is 39.2 Å². The SMILES string of the molecule is CCOC(=O)CNC(=O)C1=C(C)NC(C)=C(C(=O)OCC)C1c1ccccc1[N+](=O)[O-]. The summed E-state index contributed by atoms with van der Waals surface area (Å²) in [6.45, 7) is 6.39. The van der Waals surface area contributed by atoms with Crippen molar-refractivity contribution in [3.63, 3.8) is 0 Å². The van der Waals surface area contributed by atoms with E-state index >= 15 is 0 Å². The van der Waals surface area contributed by atoms with Gasteiger partial charge in [-0.2, -0.15) is 0 Å². The first-order valence-electron chi connectivity index (χ1n) is 9.75. The minimum absolute atomic E-state index is 0.0762. The van der Waals surface area contributed by atoms with E-state index in [0.29, 0.717) is 11.4 Å². The lowest BCUT2D eigenvalue weighted by atomic mass is 9.79. The number of allylic oxidation sites excluding steroid dienone is 2. The monoisotopic (exact) mass is 431 g/mol. The van der Waals surface area contributed by atoms with Crippen LogP contribution in [0.4, 0.5) is 5.69 Å². The number of nitrogens with zero attached hydrogens (tertiary/aromatic N) is 1. The summed E-state index contributed by atoms with van der Waals surface area (Å²) in [5.74, 6) is -3.05. The zero-order valence-electron chi connectivity index (χ0n) is 17.8. The molecule has 0 bridgehead atoms. The number of amides is 1. The Bertz CT molecular complexity index is 965.